The molecule has 1 aromatic carbocycles. The lowest BCUT2D eigenvalue weighted by molar-refractivity contribution is -0.121. The number of benzene rings is 1. The highest BCUT2D eigenvalue weighted by molar-refractivity contribution is 7.99. The fraction of sp³-hybridized carbons (Fsp3) is 0.267. The maximum absolute atomic E-state index is 12.0. The van der Waals surface area contributed by atoms with Crippen LogP contribution in [0.5, 0.6) is 0 Å². The molecule has 2 aromatic rings. The van der Waals surface area contributed by atoms with Crippen molar-refractivity contribution in [3.8, 4) is 0 Å². The van der Waals surface area contributed by atoms with E-state index < -0.39 is 0 Å². The monoisotopic (exact) mass is 301 g/mol. The molecular formula is C15H15N3O2S. The van der Waals surface area contributed by atoms with Gasteiger partial charge < -0.3 is 5.32 Å². The molecule has 3 rings (SSSR count). The number of fused-ring (bicyclic) bond motifs is 1. The molecule has 1 aliphatic rings. The molecule has 1 unspecified atom stereocenters. The van der Waals surface area contributed by atoms with Gasteiger partial charge in [0.05, 0.1) is 6.04 Å². The highest BCUT2D eigenvalue weighted by Gasteiger charge is 2.26. The van der Waals surface area contributed by atoms with Gasteiger partial charge in [0, 0.05) is 31.0 Å². The summed E-state index contributed by atoms with van der Waals surface area (Å²) in [5, 5.41) is 3.59. The van der Waals surface area contributed by atoms with E-state index in [1.165, 1.54) is 24.0 Å². The number of amides is 1. The number of nitrogens with one attached hydrogen (secondary N) is 1. The van der Waals surface area contributed by atoms with E-state index >= 15 is 0 Å². The molecule has 1 aromatic heterocycles. The Morgan fingerprint density at radius 3 is 2.95 bits per heavy atom. The number of thioether (sulfide) groups is 1. The van der Waals surface area contributed by atoms with Crippen molar-refractivity contribution in [2.24, 2.45) is 0 Å². The Balaban J connectivity index is 1.61. The van der Waals surface area contributed by atoms with E-state index in [9.17, 15) is 9.59 Å². The maximum atomic E-state index is 12.0. The zero-order valence-electron chi connectivity index (χ0n) is 11.4. The molecule has 1 N–H and O–H groups in total. The Hall–Kier alpha value is -2.08. The maximum Gasteiger partial charge on any atom is 0.254 e. The van der Waals surface area contributed by atoms with Gasteiger partial charge in [-0.1, -0.05) is 42.1 Å². The SMILES string of the molecule is O=C(CC1CSc2nccc(=O)n21)NCc1ccccc1. The van der Waals surface area contributed by atoms with Crippen molar-refractivity contribution in [1.29, 1.82) is 0 Å². The van der Waals surface area contributed by atoms with Gasteiger partial charge in [0.2, 0.25) is 5.91 Å². The molecule has 1 amide bonds. The first kappa shape index (κ1) is 13.9. The van der Waals surface area contributed by atoms with E-state index in [4.69, 9.17) is 0 Å². The fourth-order valence-electron chi connectivity index (χ4n) is 2.32. The quantitative estimate of drug-likeness (QED) is 0.871. The topological polar surface area (TPSA) is 64.0 Å². The molecule has 1 atom stereocenters. The van der Waals surface area contributed by atoms with Crippen LogP contribution in [0.15, 0.2) is 52.5 Å². The largest absolute Gasteiger partial charge is 0.352 e. The predicted molar refractivity (Wildman–Crippen MR) is 81.2 cm³/mol. The van der Waals surface area contributed by atoms with Crippen LogP contribution in [0.25, 0.3) is 0 Å². The van der Waals surface area contributed by atoms with E-state index in [0.29, 0.717) is 23.9 Å². The summed E-state index contributed by atoms with van der Waals surface area (Å²) >= 11 is 1.52. The lowest BCUT2D eigenvalue weighted by Gasteiger charge is -2.12. The smallest absolute Gasteiger partial charge is 0.254 e. The summed E-state index contributed by atoms with van der Waals surface area (Å²) in [6.45, 7) is 0.508. The van der Waals surface area contributed by atoms with Crippen LogP contribution >= 0.6 is 11.8 Å². The number of carbonyl (C=O) groups excluding carboxylic acids is 1. The Morgan fingerprint density at radius 2 is 2.14 bits per heavy atom. The molecule has 108 valence electrons. The number of carbonyl (C=O) groups is 1. The molecule has 5 nitrogen and oxygen atoms in total. The van der Waals surface area contributed by atoms with Crippen LogP contribution in [-0.4, -0.2) is 21.2 Å². The standard InChI is InChI=1S/C15H15N3O2S/c19-13(17-9-11-4-2-1-3-5-11)8-12-10-21-15-16-7-6-14(20)18(12)15/h1-7,12H,8-10H2,(H,17,19). The highest BCUT2D eigenvalue weighted by Crippen LogP contribution is 2.31. The lowest BCUT2D eigenvalue weighted by atomic mass is 10.2. The molecule has 1 aliphatic heterocycles. The molecule has 2 heterocycles. The number of rotatable bonds is 4. The molecular weight excluding hydrogens is 286 g/mol. The second kappa shape index (κ2) is 6.13. The third-order valence-corrected chi connectivity index (χ3v) is 4.48. The third-order valence-electron chi connectivity index (χ3n) is 3.37. The number of nitrogens with zero attached hydrogens (tertiary/aromatic N) is 2. The van der Waals surface area contributed by atoms with E-state index in [0.717, 1.165) is 5.56 Å². The number of aromatic nitrogens is 2. The summed E-state index contributed by atoms with van der Waals surface area (Å²) in [5.41, 5.74) is 0.969. The van der Waals surface area contributed by atoms with Crippen molar-refractivity contribution in [2.45, 2.75) is 24.2 Å². The summed E-state index contributed by atoms with van der Waals surface area (Å²) < 4.78 is 1.62. The van der Waals surface area contributed by atoms with Crippen molar-refractivity contribution in [1.82, 2.24) is 14.9 Å². The van der Waals surface area contributed by atoms with Crippen LogP contribution < -0.4 is 10.9 Å². The summed E-state index contributed by atoms with van der Waals surface area (Å²) in [6.07, 6.45) is 1.82. The average molecular weight is 301 g/mol. The first-order valence-corrected chi connectivity index (χ1v) is 7.73. The predicted octanol–water partition coefficient (Wildman–Crippen LogP) is 1.60. The van der Waals surface area contributed by atoms with Gasteiger partial charge in [-0.3, -0.25) is 14.2 Å². The van der Waals surface area contributed by atoms with E-state index in [2.05, 4.69) is 10.3 Å². The normalized spacial score (nSPS) is 16.5. The second-order valence-electron chi connectivity index (χ2n) is 4.87. The first-order chi connectivity index (χ1) is 10.2. The van der Waals surface area contributed by atoms with Crippen LogP contribution in [0.3, 0.4) is 0 Å². The molecule has 0 aliphatic carbocycles. The second-order valence-corrected chi connectivity index (χ2v) is 5.85. The van der Waals surface area contributed by atoms with Gasteiger partial charge in [0.25, 0.3) is 5.56 Å². The highest BCUT2D eigenvalue weighted by atomic mass is 32.2. The van der Waals surface area contributed by atoms with Crippen LogP contribution in [0, 0.1) is 0 Å². The zero-order chi connectivity index (χ0) is 14.7. The molecule has 21 heavy (non-hydrogen) atoms. The molecule has 0 saturated heterocycles. The van der Waals surface area contributed by atoms with Crippen LogP contribution in [0.2, 0.25) is 0 Å². The summed E-state index contributed by atoms with van der Waals surface area (Å²) in [5.74, 6) is 0.665. The average Bonchev–Trinajstić information content (AvgIpc) is 2.91. The Kier molecular flexibility index (Phi) is 4.06. The van der Waals surface area contributed by atoms with Gasteiger partial charge in [-0.05, 0) is 5.56 Å². The summed E-state index contributed by atoms with van der Waals surface area (Å²) in [7, 11) is 0. The van der Waals surface area contributed by atoms with E-state index in [1.54, 1.807) is 4.57 Å². The molecule has 0 saturated carbocycles. The third kappa shape index (κ3) is 3.16. The minimum absolute atomic E-state index is 0.0481. The molecule has 0 radical (unpaired) electrons. The van der Waals surface area contributed by atoms with Crippen LogP contribution in [0.4, 0.5) is 0 Å². The van der Waals surface area contributed by atoms with Crippen molar-refractivity contribution < 1.29 is 4.79 Å². The Morgan fingerprint density at radius 1 is 1.33 bits per heavy atom. The van der Waals surface area contributed by atoms with Crippen molar-refractivity contribution in [3.63, 3.8) is 0 Å². The van der Waals surface area contributed by atoms with Gasteiger partial charge in [0.15, 0.2) is 5.16 Å². The summed E-state index contributed by atoms with van der Waals surface area (Å²) in [6, 6.07) is 11.1. The van der Waals surface area contributed by atoms with Gasteiger partial charge in [-0.25, -0.2) is 4.98 Å². The van der Waals surface area contributed by atoms with Gasteiger partial charge in [0.1, 0.15) is 0 Å². The van der Waals surface area contributed by atoms with Crippen LogP contribution in [-0.2, 0) is 11.3 Å². The number of hydrogen-bond donors (Lipinski definition) is 1. The summed E-state index contributed by atoms with van der Waals surface area (Å²) in [4.78, 5) is 28.1. The molecule has 6 heteroatoms. The van der Waals surface area contributed by atoms with Crippen molar-refractivity contribution in [2.75, 3.05) is 5.75 Å². The minimum atomic E-state index is -0.109. The van der Waals surface area contributed by atoms with Crippen molar-refractivity contribution in [3.05, 3.63) is 58.5 Å². The first-order valence-electron chi connectivity index (χ1n) is 6.75. The Bertz CT molecular complexity index is 700. The Labute approximate surface area is 126 Å². The van der Waals surface area contributed by atoms with Gasteiger partial charge >= 0.3 is 0 Å². The lowest BCUT2D eigenvalue weighted by Crippen LogP contribution is -2.30. The molecule has 0 fully saturated rings. The van der Waals surface area contributed by atoms with E-state index in [1.807, 2.05) is 30.3 Å². The van der Waals surface area contributed by atoms with Crippen LogP contribution in [0.1, 0.15) is 18.0 Å². The zero-order valence-corrected chi connectivity index (χ0v) is 12.2. The fourth-order valence-corrected chi connectivity index (χ4v) is 3.44. The minimum Gasteiger partial charge on any atom is -0.352 e. The molecule has 0 bridgehead atoms. The molecule has 0 spiro atoms. The van der Waals surface area contributed by atoms with Crippen molar-refractivity contribution >= 4 is 17.7 Å². The number of hydrogen-bond acceptors (Lipinski definition) is 4. The van der Waals surface area contributed by atoms with E-state index in [-0.39, 0.29) is 17.5 Å². The van der Waals surface area contributed by atoms with Gasteiger partial charge in [-0.2, -0.15) is 0 Å². The van der Waals surface area contributed by atoms with Gasteiger partial charge in [-0.15, -0.1) is 0 Å².